The van der Waals surface area contributed by atoms with Crippen LogP contribution in [0.4, 0.5) is 4.79 Å². The van der Waals surface area contributed by atoms with Crippen molar-refractivity contribution in [1.82, 2.24) is 20.4 Å². The van der Waals surface area contributed by atoms with Gasteiger partial charge < -0.3 is 15.5 Å². The highest BCUT2D eigenvalue weighted by molar-refractivity contribution is 5.85. The van der Waals surface area contributed by atoms with Crippen molar-refractivity contribution < 1.29 is 4.79 Å². The maximum absolute atomic E-state index is 12.7. The summed E-state index contributed by atoms with van der Waals surface area (Å²) in [6, 6.07) is 11.5. The van der Waals surface area contributed by atoms with Crippen molar-refractivity contribution in [3.8, 4) is 0 Å². The molecule has 150 valence electrons. The number of nitrogens with zero attached hydrogens (tertiary/aromatic N) is 2. The Balaban J connectivity index is 0.00000210. The fourth-order valence-corrected chi connectivity index (χ4v) is 5.32. The summed E-state index contributed by atoms with van der Waals surface area (Å²) in [4.78, 5) is 17.2. The minimum absolute atomic E-state index is 0. The van der Waals surface area contributed by atoms with E-state index in [1.165, 1.54) is 5.56 Å². The molecule has 2 heterocycles. The van der Waals surface area contributed by atoms with Gasteiger partial charge in [0, 0.05) is 18.1 Å². The molecule has 0 unspecified atom stereocenters. The topological polar surface area (TPSA) is 47.6 Å². The van der Waals surface area contributed by atoms with Crippen LogP contribution in [0.1, 0.15) is 44.1 Å². The highest BCUT2D eigenvalue weighted by Crippen LogP contribution is 2.46. The van der Waals surface area contributed by atoms with Crippen molar-refractivity contribution in [1.29, 1.82) is 0 Å². The molecule has 4 rings (SSSR count). The monoisotopic (exact) mass is 392 g/mol. The molecule has 2 N–H and O–H groups in total. The summed E-state index contributed by atoms with van der Waals surface area (Å²) >= 11 is 0. The molecule has 0 radical (unpaired) electrons. The van der Waals surface area contributed by atoms with Gasteiger partial charge in [-0.15, -0.1) is 12.4 Å². The van der Waals surface area contributed by atoms with E-state index in [4.69, 9.17) is 0 Å². The van der Waals surface area contributed by atoms with Gasteiger partial charge in [0.15, 0.2) is 0 Å². The molecule has 2 amide bonds. The summed E-state index contributed by atoms with van der Waals surface area (Å²) in [5.41, 5.74) is 1.45. The van der Waals surface area contributed by atoms with Crippen molar-refractivity contribution in [2.45, 2.75) is 55.6 Å². The van der Waals surface area contributed by atoms with Crippen LogP contribution < -0.4 is 10.6 Å². The number of amides is 2. The number of rotatable bonds is 3. The lowest BCUT2D eigenvalue weighted by atomic mass is 9.69. The lowest BCUT2D eigenvalue weighted by Crippen LogP contribution is -2.54. The van der Waals surface area contributed by atoms with E-state index in [1.54, 1.807) is 0 Å². The summed E-state index contributed by atoms with van der Waals surface area (Å²) < 4.78 is 0. The molecule has 3 aliphatic rings. The summed E-state index contributed by atoms with van der Waals surface area (Å²) in [6.45, 7) is 2.94. The maximum Gasteiger partial charge on any atom is 0.318 e. The quantitative estimate of drug-likeness (QED) is 0.831. The van der Waals surface area contributed by atoms with Crippen LogP contribution in [-0.4, -0.2) is 61.1 Å². The highest BCUT2D eigenvalue weighted by atomic mass is 35.5. The van der Waals surface area contributed by atoms with Crippen LogP contribution in [0.5, 0.6) is 0 Å². The van der Waals surface area contributed by atoms with Crippen LogP contribution in [0.25, 0.3) is 0 Å². The zero-order valence-electron chi connectivity index (χ0n) is 16.5. The molecule has 1 spiro atoms. The van der Waals surface area contributed by atoms with Crippen LogP contribution in [-0.2, 0) is 5.54 Å². The summed E-state index contributed by atoms with van der Waals surface area (Å²) in [6.07, 6.45) is 6.43. The van der Waals surface area contributed by atoms with Crippen molar-refractivity contribution in [2.24, 2.45) is 0 Å². The summed E-state index contributed by atoms with van der Waals surface area (Å²) in [7, 11) is 4.39. The second-order valence-corrected chi connectivity index (χ2v) is 8.61. The van der Waals surface area contributed by atoms with E-state index in [2.05, 4.69) is 64.9 Å². The number of halogens is 1. The highest BCUT2D eigenvalue weighted by Gasteiger charge is 2.51. The molecule has 1 aromatic rings. The Hall–Kier alpha value is -1.30. The predicted octanol–water partition coefficient (Wildman–Crippen LogP) is 2.96. The molecular formula is C21H33ClN4O. The van der Waals surface area contributed by atoms with Crippen LogP contribution in [0, 0.1) is 0 Å². The molecule has 2 saturated heterocycles. The SMILES string of the molecule is CN(C)C1(c2ccccc2)CCC2(CC1)CN(C1CCNCC1)C(=O)N2.Cl. The van der Waals surface area contributed by atoms with Crippen molar-refractivity contribution in [2.75, 3.05) is 33.7 Å². The number of carbonyl (C=O) groups is 1. The molecule has 27 heavy (non-hydrogen) atoms. The molecule has 0 atom stereocenters. The first-order valence-electron chi connectivity index (χ1n) is 10.1. The number of carbonyl (C=O) groups excluding carboxylic acids is 1. The maximum atomic E-state index is 12.7. The summed E-state index contributed by atoms with van der Waals surface area (Å²) in [5, 5.41) is 6.79. The van der Waals surface area contributed by atoms with Gasteiger partial charge in [0.05, 0.1) is 5.54 Å². The van der Waals surface area contributed by atoms with Crippen molar-refractivity contribution in [3.63, 3.8) is 0 Å². The van der Waals surface area contributed by atoms with E-state index in [-0.39, 0.29) is 29.5 Å². The molecule has 0 aromatic heterocycles. The Bertz CT molecular complexity index is 637. The van der Waals surface area contributed by atoms with Gasteiger partial charge >= 0.3 is 6.03 Å². The Morgan fingerprint density at radius 3 is 2.26 bits per heavy atom. The van der Waals surface area contributed by atoms with Gasteiger partial charge in [0.2, 0.25) is 0 Å². The Kier molecular flexibility index (Phi) is 6.04. The zero-order valence-corrected chi connectivity index (χ0v) is 17.4. The normalized spacial score (nSPS) is 31.8. The lowest BCUT2D eigenvalue weighted by molar-refractivity contribution is 0.0597. The van der Waals surface area contributed by atoms with Crippen LogP contribution in [0.15, 0.2) is 30.3 Å². The van der Waals surface area contributed by atoms with Crippen molar-refractivity contribution >= 4 is 18.4 Å². The third-order valence-corrected chi connectivity index (χ3v) is 7.06. The predicted molar refractivity (Wildman–Crippen MR) is 111 cm³/mol. The van der Waals surface area contributed by atoms with Gasteiger partial charge in [0.25, 0.3) is 0 Å². The van der Waals surface area contributed by atoms with Gasteiger partial charge in [-0.25, -0.2) is 4.79 Å². The molecular weight excluding hydrogens is 360 g/mol. The van der Waals surface area contributed by atoms with E-state index in [0.29, 0.717) is 6.04 Å². The van der Waals surface area contributed by atoms with E-state index in [1.807, 2.05) is 0 Å². The summed E-state index contributed by atoms with van der Waals surface area (Å²) in [5.74, 6) is 0. The number of urea groups is 1. The number of hydrogen-bond acceptors (Lipinski definition) is 3. The first-order valence-corrected chi connectivity index (χ1v) is 10.1. The number of nitrogens with one attached hydrogen (secondary N) is 2. The molecule has 6 heteroatoms. The number of hydrogen-bond donors (Lipinski definition) is 2. The van der Waals surface area contributed by atoms with Crippen LogP contribution >= 0.6 is 12.4 Å². The van der Waals surface area contributed by atoms with Gasteiger partial charge in [-0.2, -0.15) is 0 Å². The number of piperidine rings is 1. The second kappa shape index (κ2) is 7.98. The Labute approximate surface area is 169 Å². The van der Waals surface area contributed by atoms with E-state index in [9.17, 15) is 4.79 Å². The minimum atomic E-state index is -0.0315. The molecule has 1 aliphatic carbocycles. The first-order chi connectivity index (χ1) is 12.5. The molecule has 1 saturated carbocycles. The van der Waals surface area contributed by atoms with Crippen LogP contribution in [0.3, 0.4) is 0 Å². The standard InChI is InChI=1S/C21H32N4O.ClH/c1-24(2)21(17-6-4-3-5-7-17)12-10-20(11-13-21)16-25(19(26)23-20)18-8-14-22-15-9-18;/h3-7,18,22H,8-16H2,1-2H3,(H,23,26);1H. The van der Waals surface area contributed by atoms with Gasteiger partial charge in [-0.3, -0.25) is 4.90 Å². The molecule has 2 aliphatic heterocycles. The zero-order chi connectivity index (χ0) is 18.2. The Morgan fingerprint density at radius 1 is 1.04 bits per heavy atom. The van der Waals surface area contributed by atoms with E-state index >= 15 is 0 Å². The third kappa shape index (κ3) is 3.69. The fourth-order valence-electron chi connectivity index (χ4n) is 5.32. The van der Waals surface area contributed by atoms with E-state index < -0.39 is 0 Å². The first kappa shape index (κ1) is 20.4. The third-order valence-electron chi connectivity index (χ3n) is 7.06. The van der Waals surface area contributed by atoms with Gasteiger partial charge in [0.1, 0.15) is 0 Å². The lowest BCUT2D eigenvalue weighted by Gasteiger charge is -2.48. The largest absolute Gasteiger partial charge is 0.331 e. The molecule has 3 fully saturated rings. The minimum Gasteiger partial charge on any atom is -0.331 e. The second-order valence-electron chi connectivity index (χ2n) is 8.61. The fraction of sp³-hybridized carbons (Fsp3) is 0.667. The van der Waals surface area contributed by atoms with Gasteiger partial charge in [-0.1, -0.05) is 30.3 Å². The van der Waals surface area contributed by atoms with Crippen molar-refractivity contribution in [3.05, 3.63) is 35.9 Å². The molecule has 0 bridgehead atoms. The van der Waals surface area contributed by atoms with E-state index in [0.717, 1.165) is 58.2 Å². The smallest absolute Gasteiger partial charge is 0.318 e. The van der Waals surface area contributed by atoms with Gasteiger partial charge in [-0.05, 0) is 71.3 Å². The Morgan fingerprint density at radius 2 is 1.67 bits per heavy atom. The average molecular weight is 393 g/mol. The molecule has 5 nitrogen and oxygen atoms in total. The number of benzene rings is 1. The average Bonchev–Trinajstić information content (AvgIpc) is 3.00. The van der Waals surface area contributed by atoms with Crippen LogP contribution in [0.2, 0.25) is 0 Å². The molecule has 1 aromatic carbocycles.